The standard InChI is InChI=1S/C13H22N2O2S2.ClH/c1-13(2,3)11-6-7-12(18-11)19(16,17)15-8-4-5-10(15)9-14;/h6-7,10H,4-5,8-9,14H2,1-3H3;1H. The molecule has 116 valence electrons. The van der Waals surface area contributed by atoms with Crippen LogP contribution in [0.5, 0.6) is 0 Å². The van der Waals surface area contributed by atoms with Crippen molar-refractivity contribution in [2.24, 2.45) is 5.73 Å². The minimum absolute atomic E-state index is 0. The number of hydrogen-bond donors (Lipinski definition) is 1. The molecular formula is C13H23ClN2O2S2. The van der Waals surface area contributed by atoms with Crippen LogP contribution in [-0.4, -0.2) is 31.9 Å². The Morgan fingerprint density at radius 1 is 1.40 bits per heavy atom. The smallest absolute Gasteiger partial charge is 0.252 e. The maximum absolute atomic E-state index is 12.6. The molecule has 0 radical (unpaired) electrons. The lowest BCUT2D eigenvalue weighted by atomic mass is 9.95. The minimum atomic E-state index is -3.37. The Balaban J connectivity index is 0.00000200. The Kier molecular flexibility index (Phi) is 5.66. The second kappa shape index (κ2) is 6.32. The number of sulfonamides is 1. The van der Waals surface area contributed by atoms with Gasteiger partial charge in [0, 0.05) is 24.0 Å². The summed E-state index contributed by atoms with van der Waals surface area (Å²) >= 11 is 1.38. The molecule has 20 heavy (non-hydrogen) atoms. The number of rotatable bonds is 3. The highest BCUT2D eigenvalue weighted by Crippen LogP contribution is 2.34. The SMILES string of the molecule is CC(C)(C)c1ccc(S(=O)(=O)N2CCCC2CN)s1.Cl. The van der Waals surface area contributed by atoms with Gasteiger partial charge in [-0.25, -0.2) is 8.42 Å². The van der Waals surface area contributed by atoms with E-state index in [9.17, 15) is 8.42 Å². The summed E-state index contributed by atoms with van der Waals surface area (Å²) in [5, 5.41) is 0. The first-order valence-electron chi connectivity index (χ1n) is 6.59. The highest BCUT2D eigenvalue weighted by Gasteiger charge is 2.35. The zero-order valence-electron chi connectivity index (χ0n) is 12.1. The molecule has 2 heterocycles. The van der Waals surface area contributed by atoms with Crippen molar-refractivity contribution in [2.45, 2.75) is 49.3 Å². The van der Waals surface area contributed by atoms with Crippen molar-refractivity contribution in [2.75, 3.05) is 13.1 Å². The molecule has 2 rings (SSSR count). The summed E-state index contributed by atoms with van der Waals surface area (Å²) in [6, 6.07) is 3.61. The van der Waals surface area contributed by atoms with Gasteiger partial charge >= 0.3 is 0 Å². The summed E-state index contributed by atoms with van der Waals surface area (Å²) < 4.78 is 27.3. The van der Waals surface area contributed by atoms with Gasteiger partial charge in [0.1, 0.15) is 4.21 Å². The molecule has 0 spiro atoms. The average Bonchev–Trinajstić information content (AvgIpc) is 2.97. The van der Waals surface area contributed by atoms with Gasteiger partial charge in [-0.1, -0.05) is 20.8 Å². The molecule has 7 heteroatoms. The fourth-order valence-electron chi connectivity index (χ4n) is 2.34. The average molecular weight is 339 g/mol. The number of hydrogen-bond acceptors (Lipinski definition) is 4. The number of nitrogens with two attached hydrogens (primary N) is 1. The summed E-state index contributed by atoms with van der Waals surface area (Å²) in [6.07, 6.45) is 1.77. The molecule has 1 aromatic rings. The van der Waals surface area contributed by atoms with E-state index in [1.54, 1.807) is 10.4 Å². The first-order valence-corrected chi connectivity index (χ1v) is 8.84. The van der Waals surface area contributed by atoms with Crippen LogP contribution in [0.25, 0.3) is 0 Å². The molecule has 0 saturated carbocycles. The molecule has 0 amide bonds. The molecule has 1 saturated heterocycles. The van der Waals surface area contributed by atoms with Crippen LogP contribution in [0.1, 0.15) is 38.5 Å². The van der Waals surface area contributed by atoms with E-state index in [-0.39, 0.29) is 23.9 Å². The zero-order valence-corrected chi connectivity index (χ0v) is 14.6. The Bertz CT molecular complexity index is 549. The zero-order chi connectivity index (χ0) is 14.3. The lowest BCUT2D eigenvalue weighted by Crippen LogP contribution is -2.39. The predicted octanol–water partition coefficient (Wildman–Crippen LogP) is 2.58. The maximum Gasteiger partial charge on any atom is 0.252 e. The second-order valence-corrected chi connectivity index (χ2v) is 9.22. The Morgan fingerprint density at radius 3 is 2.55 bits per heavy atom. The van der Waals surface area contributed by atoms with Crippen LogP contribution < -0.4 is 5.73 Å². The number of nitrogens with zero attached hydrogens (tertiary/aromatic N) is 1. The molecular weight excluding hydrogens is 316 g/mol. The van der Waals surface area contributed by atoms with Crippen molar-refractivity contribution in [1.29, 1.82) is 0 Å². The third-order valence-electron chi connectivity index (χ3n) is 3.48. The molecule has 1 aliphatic heterocycles. The number of halogens is 1. The van der Waals surface area contributed by atoms with Crippen molar-refractivity contribution in [3.05, 3.63) is 17.0 Å². The predicted molar refractivity (Wildman–Crippen MR) is 86.2 cm³/mol. The quantitative estimate of drug-likeness (QED) is 0.921. The van der Waals surface area contributed by atoms with E-state index in [4.69, 9.17) is 5.73 Å². The maximum atomic E-state index is 12.6. The monoisotopic (exact) mass is 338 g/mol. The Labute approximate surface area is 131 Å². The largest absolute Gasteiger partial charge is 0.329 e. The summed E-state index contributed by atoms with van der Waals surface area (Å²) in [5.41, 5.74) is 5.65. The fraction of sp³-hybridized carbons (Fsp3) is 0.692. The molecule has 1 fully saturated rings. The lowest BCUT2D eigenvalue weighted by molar-refractivity contribution is 0.394. The third-order valence-corrected chi connectivity index (χ3v) is 7.41. The molecule has 1 atom stereocenters. The van der Waals surface area contributed by atoms with E-state index in [0.29, 0.717) is 17.3 Å². The molecule has 2 N–H and O–H groups in total. The van der Waals surface area contributed by atoms with E-state index in [0.717, 1.165) is 17.7 Å². The van der Waals surface area contributed by atoms with Crippen molar-refractivity contribution in [1.82, 2.24) is 4.31 Å². The number of thiophene rings is 1. The van der Waals surface area contributed by atoms with E-state index in [2.05, 4.69) is 20.8 Å². The highest BCUT2D eigenvalue weighted by molar-refractivity contribution is 7.91. The van der Waals surface area contributed by atoms with Crippen LogP contribution in [0.15, 0.2) is 16.3 Å². The summed E-state index contributed by atoms with van der Waals surface area (Å²) in [7, 11) is -3.37. The fourth-order valence-corrected chi connectivity index (χ4v) is 5.54. The van der Waals surface area contributed by atoms with Gasteiger partial charge in [-0.15, -0.1) is 23.7 Å². The van der Waals surface area contributed by atoms with Crippen LogP contribution in [0.3, 0.4) is 0 Å². The second-order valence-electron chi connectivity index (χ2n) is 6.02. The van der Waals surface area contributed by atoms with Crippen molar-refractivity contribution >= 4 is 33.8 Å². The molecule has 4 nitrogen and oxygen atoms in total. The molecule has 0 aromatic carbocycles. The van der Waals surface area contributed by atoms with E-state index in [1.807, 2.05) is 6.07 Å². The van der Waals surface area contributed by atoms with Crippen LogP contribution in [-0.2, 0) is 15.4 Å². The molecule has 1 unspecified atom stereocenters. The van der Waals surface area contributed by atoms with E-state index < -0.39 is 10.0 Å². The first-order chi connectivity index (χ1) is 8.76. The van der Waals surface area contributed by atoms with E-state index in [1.165, 1.54) is 11.3 Å². The lowest BCUT2D eigenvalue weighted by Gasteiger charge is -2.22. The minimum Gasteiger partial charge on any atom is -0.329 e. The van der Waals surface area contributed by atoms with Crippen molar-refractivity contribution in [3.63, 3.8) is 0 Å². The first kappa shape index (κ1) is 17.9. The topological polar surface area (TPSA) is 63.4 Å². The van der Waals surface area contributed by atoms with Crippen LogP contribution in [0.2, 0.25) is 0 Å². The Hall–Kier alpha value is -0.140. The van der Waals surface area contributed by atoms with Crippen LogP contribution >= 0.6 is 23.7 Å². The molecule has 0 bridgehead atoms. The van der Waals surface area contributed by atoms with Crippen molar-refractivity contribution < 1.29 is 8.42 Å². The third kappa shape index (κ3) is 3.36. The van der Waals surface area contributed by atoms with Gasteiger partial charge in [0.15, 0.2) is 0 Å². The van der Waals surface area contributed by atoms with Gasteiger partial charge in [0.25, 0.3) is 10.0 Å². The van der Waals surface area contributed by atoms with Gasteiger partial charge < -0.3 is 5.73 Å². The highest BCUT2D eigenvalue weighted by atomic mass is 35.5. The molecule has 0 aliphatic carbocycles. The Morgan fingerprint density at radius 2 is 2.05 bits per heavy atom. The van der Waals surface area contributed by atoms with Gasteiger partial charge in [-0.2, -0.15) is 4.31 Å². The molecule has 1 aliphatic rings. The van der Waals surface area contributed by atoms with Crippen molar-refractivity contribution in [3.8, 4) is 0 Å². The van der Waals surface area contributed by atoms with E-state index >= 15 is 0 Å². The summed E-state index contributed by atoms with van der Waals surface area (Å²) in [4.78, 5) is 1.09. The normalized spacial score (nSPS) is 20.9. The van der Waals surface area contributed by atoms with Crippen LogP contribution in [0.4, 0.5) is 0 Å². The van der Waals surface area contributed by atoms with Gasteiger partial charge in [-0.05, 0) is 30.4 Å². The van der Waals surface area contributed by atoms with Gasteiger partial charge in [0.2, 0.25) is 0 Å². The summed E-state index contributed by atoms with van der Waals surface area (Å²) in [6.45, 7) is 7.26. The van der Waals surface area contributed by atoms with Crippen LogP contribution in [0, 0.1) is 0 Å². The molecule has 1 aromatic heterocycles. The summed E-state index contributed by atoms with van der Waals surface area (Å²) in [5.74, 6) is 0. The van der Waals surface area contributed by atoms with Gasteiger partial charge in [0.05, 0.1) is 0 Å². The van der Waals surface area contributed by atoms with Gasteiger partial charge in [-0.3, -0.25) is 0 Å².